The van der Waals surface area contributed by atoms with Crippen LogP contribution >= 0.6 is 11.6 Å². The van der Waals surface area contributed by atoms with Crippen LogP contribution in [0.4, 0.5) is 0 Å². The number of allylic oxidation sites excluding steroid dienone is 5. The van der Waals surface area contributed by atoms with Crippen molar-refractivity contribution in [1.82, 2.24) is 0 Å². The van der Waals surface area contributed by atoms with E-state index in [1.807, 2.05) is 6.07 Å². The Morgan fingerprint density at radius 1 is 1.45 bits per heavy atom. The predicted octanol–water partition coefficient (Wildman–Crippen LogP) is 3.16. The van der Waals surface area contributed by atoms with E-state index in [1.54, 1.807) is 26.0 Å². The highest BCUT2D eigenvalue weighted by atomic mass is 35.5. The molecule has 1 nitrogen and oxygen atoms in total. The topological polar surface area (TPSA) is 23.8 Å². The average Bonchev–Trinajstić information content (AvgIpc) is 1.87. The smallest absolute Gasteiger partial charge is 0.0994 e. The van der Waals surface area contributed by atoms with Crippen LogP contribution in [0.15, 0.2) is 34.9 Å². The first-order valence-corrected chi connectivity index (χ1v) is 3.55. The van der Waals surface area contributed by atoms with Crippen molar-refractivity contribution in [2.45, 2.75) is 13.8 Å². The minimum absolute atomic E-state index is 0.560. The number of rotatable bonds is 2. The lowest BCUT2D eigenvalue weighted by molar-refractivity contribution is 1.41. The van der Waals surface area contributed by atoms with Gasteiger partial charge in [-0.15, -0.1) is 0 Å². The van der Waals surface area contributed by atoms with E-state index in [2.05, 4.69) is 6.58 Å². The Morgan fingerprint density at radius 3 is 2.27 bits per heavy atom. The second kappa shape index (κ2) is 4.76. The molecule has 0 unspecified atom stereocenters. The minimum atomic E-state index is 0.560. The third kappa shape index (κ3) is 4.41. The zero-order valence-corrected chi connectivity index (χ0v) is 7.44. The molecule has 0 heterocycles. The molecule has 0 atom stereocenters. The summed E-state index contributed by atoms with van der Waals surface area (Å²) in [6.45, 7) is 7.18. The maximum atomic E-state index is 8.56. The largest absolute Gasteiger partial charge is 0.192 e. The maximum absolute atomic E-state index is 8.56. The van der Waals surface area contributed by atoms with Crippen molar-refractivity contribution in [2.24, 2.45) is 0 Å². The maximum Gasteiger partial charge on any atom is 0.0994 e. The van der Waals surface area contributed by atoms with Crippen LogP contribution in [-0.2, 0) is 0 Å². The van der Waals surface area contributed by atoms with Crippen LogP contribution in [0.2, 0.25) is 0 Å². The third-order valence-electron chi connectivity index (χ3n) is 1.06. The lowest BCUT2D eigenvalue weighted by atomic mass is 10.1. The molecule has 0 rings (SSSR count). The molecule has 58 valence electrons. The van der Waals surface area contributed by atoms with Gasteiger partial charge >= 0.3 is 0 Å². The molecule has 0 fully saturated rings. The molecule has 0 N–H and O–H groups in total. The lowest BCUT2D eigenvalue weighted by Gasteiger charge is -1.91. The standard InChI is InChI=1S/C9H10ClN/c1-7(2)9(6-11)5-4-8(3)10/h4-5H,1H2,2-3H3/b8-4+,9-5-. The quantitative estimate of drug-likeness (QED) is 0.458. The summed E-state index contributed by atoms with van der Waals surface area (Å²) in [5, 5.41) is 9.21. The first kappa shape index (κ1) is 10.0. The fourth-order valence-corrected chi connectivity index (χ4v) is 0.536. The van der Waals surface area contributed by atoms with E-state index in [4.69, 9.17) is 16.9 Å². The Labute approximate surface area is 72.3 Å². The molecule has 0 bridgehead atoms. The van der Waals surface area contributed by atoms with Crippen molar-refractivity contribution in [3.63, 3.8) is 0 Å². The molecule has 0 aliphatic carbocycles. The fourth-order valence-electron chi connectivity index (χ4n) is 0.473. The molecule has 0 radical (unpaired) electrons. The fraction of sp³-hybridized carbons (Fsp3) is 0.222. The van der Waals surface area contributed by atoms with Crippen LogP contribution in [0, 0.1) is 11.3 Å². The minimum Gasteiger partial charge on any atom is -0.192 e. The molecule has 11 heavy (non-hydrogen) atoms. The van der Waals surface area contributed by atoms with Crippen LogP contribution in [0.5, 0.6) is 0 Å². The molecule has 0 aromatic rings. The van der Waals surface area contributed by atoms with Crippen molar-refractivity contribution in [3.05, 3.63) is 34.9 Å². The molecule has 0 saturated carbocycles. The van der Waals surface area contributed by atoms with Gasteiger partial charge in [0, 0.05) is 5.03 Å². The van der Waals surface area contributed by atoms with E-state index in [0.717, 1.165) is 5.57 Å². The van der Waals surface area contributed by atoms with Crippen molar-refractivity contribution >= 4 is 11.6 Å². The van der Waals surface area contributed by atoms with Crippen molar-refractivity contribution in [1.29, 1.82) is 5.26 Å². The summed E-state index contributed by atoms with van der Waals surface area (Å²) in [5.74, 6) is 0. The van der Waals surface area contributed by atoms with Crippen LogP contribution < -0.4 is 0 Å². The second-order valence-corrected chi connectivity index (χ2v) is 2.82. The van der Waals surface area contributed by atoms with Gasteiger partial charge in [0.15, 0.2) is 0 Å². The molecule has 0 aliphatic heterocycles. The van der Waals surface area contributed by atoms with E-state index < -0.39 is 0 Å². The van der Waals surface area contributed by atoms with Crippen LogP contribution in [0.3, 0.4) is 0 Å². The number of halogens is 1. The van der Waals surface area contributed by atoms with Gasteiger partial charge in [-0.2, -0.15) is 5.26 Å². The van der Waals surface area contributed by atoms with Gasteiger partial charge in [0.05, 0.1) is 11.6 Å². The number of hydrogen-bond donors (Lipinski definition) is 0. The van der Waals surface area contributed by atoms with Gasteiger partial charge in [-0.3, -0.25) is 0 Å². The Kier molecular flexibility index (Phi) is 4.33. The molecular formula is C9H10ClN. The zero-order valence-electron chi connectivity index (χ0n) is 6.69. The van der Waals surface area contributed by atoms with Gasteiger partial charge < -0.3 is 0 Å². The summed E-state index contributed by atoms with van der Waals surface area (Å²) in [6, 6.07) is 2.02. The van der Waals surface area contributed by atoms with E-state index in [1.165, 1.54) is 0 Å². The summed E-state index contributed by atoms with van der Waals surface area (Å²) in [6.07, 6.45) is 3.33. The van der Waals surface area contributed by atoms with E-state index in [0.29, 0.717) is 10.6 Å². The summed E-state index contributed by atoms with van der Waals surface area (Å²) in [4.78, 5) is 0. The zero-order chi connectivity index (χ0) is 8.85. The third-order valence-corrected chi connectivity index (χ3v) is 1.19. The predicted molar refractivity (Wildman–Crippen MR) is 48.1 cm³/mol. The number of nitriles is 1. The van der Waals surface area contributed by atoms with Crippen LogP contribution in [-0.4, -0.2) is 0 Å². The Balaban J connectivity index is 4.54. The van der Waals surface area contributed by atoms with E-state index in [9.17, 15) is 0 Å². The summed E-state index contributed by atoms with van der Waals surface area (Å²) < 4.78 is 0. The molecule has 0 aliphatic rings. The van der Waals surface area contributed by atoms with Crippen molar-refractivity contribution in [2.75, 3.05) is 0 Å². The summed E-state index contributed by atoms with van der Waals surface area (Å²) >= 11 is 5.56. The molecule has 0 amide bonds. The Morgan fingerprint density at radius 2 is 2.00 bits per heavy atom. The van der Waals surface area contributed by atoms with Gasteiger partial charge in [-0.05, 0) is 31.6 Å². The number of hydrogen-bond acceptors (Lipinski definition) is 1. The first-order chi connectivity index (χ1) is 5.07. The van der Waals surface area contributed by atoms with Crippen molar-refractivity contribution < 1.29 is 0 Å². The monoisotopic (exact) mass is 167 g/mol. The SMILES string of the molecule is C=C(C)/C(C#N)=C\C=C(/C)Cl. The molecule has 0 aromatic heterocycles. The van der Waals surface area contributed by atoms with Gasteiger partial charge in [-0.1, -0.05) is 18.2 Å². The van der Waals surface area contributed by atoms with Gasteiger partial charge in [0.2, 0.25) is 0 Å². The molecular weight excluding hydrogens is 158 g/mol. The highest BCUT2D eigenvalue weighted by Gasteiger charge is 1.91. The second-order valence-electron chi connectivity index (χ2n) is 2.23. The van der Waals surface area contributed by atoms with Crippen molar-refractivity contribution in [3.8, 4) is 6.07 Å². The van der Waals surface area contributed by atoms with Crippen LogP contribution in [0.1, 0.15) is 13.8 Å². The normalized spacial score (nSPS) is 12.5. The van der Waals surface area contributed by atoms with Gasteiger partial charge in [0.25, 0.3) is 0 Å². The lowest BCUT2D eigenvalue weighted by Crippen LogP contribution is -1.77. The molecule has 0 aromatic carbocycles. The highest BCUT2D eigenvalue weighted by Crippen LogP contribution is 2.07. The Hall–Kier alpha value is -1.000. The molecule has 0 saturated heterocycles. The summed E-state index contributed by atoms with van der Waals surface area (Å²) in [7, 11) is 0. The summed E-state index contributed by atoms with van der Waals surface area (Å²) in [5.41, 5.74) is 1.31. The highest BCUT2D eigenvalue weighted by molar-refractivity contribution is 6.29. The molecule has 0 spiro atoms. The van der Waals surface area contributed by atoms with Crippen LogP contribution in [0.25, 0.3) is 0 Å². The van der Waals surface area contributed by atoms with E-state index in [-0.39, 0.29) is 0 Å². The molecule has 2 heteroatoms. The van der Waals surface area contributed by atoms with E-state index >= 15 is 0 Å². The average molecular weight is 168 g/mol. The van der Waals surface area contributed by atoms with Gasteiger partial charge in [-0.25, -0.2) is 0 Å². The Bertz CT molecular complexity index is 249. The first-order valence-electron chi connectivity index (χ1n) is 3.18. The number of nitrogens with zero attached hydrogens (tertiary/aromatic N) is 1. The van der Waals surface area contributed by atoms with Gasteiger partial charge in [0.1, 0.15) is 0 Å².